The molecule has 0 aromatic heterocycles. The summed E-state index contributed by atoms with van der Waals surface area (Å²) in [4.78, 5) is 0.351. The molecule has 5 nitrogen and oxygen atoms in total. The molecular formula is C20H34N2O3S. The lowest BCUT2D eigenvalue weighted by Gasteiger charge is -2.34. The van der Waals surface area contributed by atoms with Crippen molar-refractivity contribution in [2.75, 3.05) is 25.0 Å². The van der Waals surface area contributed by atoms with Crippen molar-refractivity contribution in [2.24, 2.45) is 0 Å². The highest BCUT2D eigenvalue weighted by Crippen LogP contribution is 2.22. The zero-order chi connectivity index (χ0) is 19.0. The van der Waals surface area contributed by atoms with E-state index in [0.29, 0.717) is 18.0 Å². The van der Waals surface area contributed by atoms with Crippen LogP contribution in [0.3, 0.4) is 0 Å². The molecule has 2 unspecified atom stereocenters. The highest BCUT2D eigenvalue weighted by molar-refractivity contribution is 7.89. The summed E-state index contributed by atoms with van der Waals surface area (Å²) >= 11 is 0. The SMILES string of the molecule is CCCCCCCCNc1ccc(S(=O)(=O)N2CC(C)OC(C)C2)cc1. The Morgan fingerprint density at radius 2 is 1.58 bits per heavy atom. The minimum atomic E-state index is -3.46. The molecule has 1 N–H and O–H groups in total. The Bertz CT molecular complexity index is 621. The number of sulfonamides is 1. The summed E-state index contributed by atoms with van der Waals surface area (Å²) in [6, 6.07) is 7.11. The first-order chi connectivity index (χ1) is 12.4. The van der Waals surface area contributed by atoms with Gasteiger partial charge in [-0.15, -0.1) is 0 Å². The van der Waals surface area contributed by atoms with E-state index in [4.69, 9.17) is 4.74 Å². The van der Waals surface area contributed by atoms with Crippen molar-refractivity contribution in [1.82, 2.24) is 4.31 Å². The molecule has 1 aromatic carbocycles. The second-order valence-electron chi connectivity index (χ2n) is 7.30. The van der Waals surface area contributed by atoms with E-state index in [1.54, 1.807) is 12.1 Å². The number of nitrogens with one attached hydrogen (secondary N) is 1. The predicted octanol–water partition coefficient (Wildman–Crippen LogP) is 4.26. The van der Waals surface area contributed by atoms with Gasteiger partial charge < -0.3 is 10.1 Å². The molecule has 26 heavy (non-hydrogen) atoms. The average molecular weight is 383 g/mol. The molecule has 1 fully saturated rings. The van der Waals surface area contributed by atoms with Crippen molar-refractivity contribution in [3.63, 3.8) is 0 Å². The number of rotatable bonds is 10. The van der Waals surface area contributed by atoms with E-state index in [2.05, 4.69) is 12.2 Å². The van der Waals surface area contributed by atoms with Crippen LogP contribution < -0.4 is 5.32 Å². The molecule has 0 amide bonds. The second-order valence-corrected chi connectivity index (χ2v) is 9.24. The van der Waals surface area contributed by atoms with Gasteiger partial charge in [0.2, 0.25) is 10.0 Å². The fourth-order valence-corrected chi connectivity index (χ4v) is 4.95. The van der Waals surface area contributed by atoms with Crippen LogP contribution in [-0.4, -0.2) is 44.6 Å². The van der Waals surface area contributed by atoms with E-state index in [1.165, 1.54) is 36.4 Å². The highest BCUT2D eigenvalue weighted by Gasteiger charge is 2.32. The van der Waals surface area contributed by atoms with Crippen molar-refractivity contribution >= 4 is 15.7 Å². The molecule has 6 heteroatoms. The molecule has 2 rings (SSSR count). The lowest BCUT2D eigenvalue weighted by atomic mass is 10.1. The number of hydrogen-bond donors (Lipinski definition) is 1. The van der Waals surface area contributed by atoms with Crippen molar-refractivity contribution in [1.29, 1.82) is 0 Å². The van der Waals surface area contributed by atoms with Crippen LogP contribution in [0.25, 0.3) is 0 Å². The topological polar surface area (TPSA) is 58.6 Å². The molecule has 1 aliphatic rings. The smallest absolute Gasteiger partial charge is 0.243 e. The molecule has 1 saturated heterocycles. The Kier molecular flexibility index (Phi) is 8.38. The zero-order valence-electron chi connectivity index (χ0n) is 16.4. The predicted molar refractivity (Wildman–Crippen MR) is 107 cm³/mol. The van der Waals surface area contributed by atoms with Gasteiger partial charge in [-0.1, -0.05) is 39.0 Å². The Balaban J connectivity index is 1.84. The Labute approximate surface area is 159 Å². The summed E-state index contributed by atoms with van der Waals surface area (Å²) in [6.45, 7) is 7.79. The van der Waals surface area contributed by atoms with Crippen LogP contribution in [0, 0.1) is 0 Å². The average Bonchev–Trinajstić information content (AvgIpc) is 2.60. The Morgan fingerprint density at radius 3 is 2.19 bits per heavy atom. The van der Waals surface area contributed by atoms with Crippen LogP contribution in [0.5, 0.6) is 0 Å². The highest BCUT2D eigenvalue weighted by atomic mass is 32.2. The number of morpholine rings is 1. The quantitative estimate of drug-likeness (QED) is 0.614. The van der Waals surface area contributed by atoms with Crippen LogP contribution in [0.4, 0.5) is 5.69 Å². The summed E-state index contributed by atoms with van der Waals surface area (Å²) < 4.78 is 32.8. The van der Waals surface area contributed by atoms with E-state index in [1.807, 2.05) is 26.0 Å². The third-order valence-corrected chi connectivity index (χ3v) is 6.58. The lowest BCUT2D eigenvalue weighted by Crippen LogP contribution is -2.48. The number of benzene rings is 1. The molecule has 0 spiro atoms. The van der Waals surface area contributed by atoms with Crippen molar-refractivity contribution < 1.29 is 13.2 Å². The molecule has 1 aliphatic heterocycles. The number of ether oxygens (including phenoxy) is 1. The molecule has 1 aromatic rings. The number of anilines is 1. The maximum atomic E-state index is 12.8. The van der Waals surface area contributed by atoms with E-state index in [9.17, 15) is 8.42 Å². The molecule has 0 saturated carbocycles. The number of hydrogen-bond acceptors (Lipinski definition) is 4. The number of unbranched alkanes of at least 4 members (excludes halogenated alkanes) is 5. The van der Waals surface area contributed by atoms with Gasteiger partial charge in [-0.25, -0.2) is 8.42 Å². The lowest BCUT2D eigenvalue weighted by molar-refractivity contribution is -0.0440. The summed E-state index contributed by atoms with van der Waals surface area (Å²) in [7, 11) is -3.46. The molecular weight excluding hydrogens is 348 g/mol. The van der Waals surface area contributed by atoms with E-state index >= 15 is 0 Å². The van der Waals surface area contributed by atoms with E-state index in [0.717, 1.165) is 18.7 Å². The van der Waals surface area contributed by atoms with Gasteiger partial charge in [-0.05, 0) is 44.5 Å². The monoisotopic (exact) mass is 382 g/mol. The number of nitrogens with zero attached hydrogens (tertiary/aromatic N) is 1. The Hall–Kier alpha value is -1.11. The minimum absolute atomic E-state index is 0.0770. The van der Waals surface area contributed by atoms with Gasteiger partial charge in [-0.3, -0.25) is 0 Å². The van der Waals surface area contributed by atoms with Gasteiger partial charge >= 0.3 is 0 Å². The van der Waals surface area contributed by atoms with E-state index < -0.39 is 10.0 Å². The molecule has 0 aliphatic carbocycles. The summed E-state index contributed by atoms with van der Waals surface area (Å²) in [5.74, 6) is 0. The third-order valence-electron chi connectivity index (χ3n) is 4.74. The fraction of sp³-hybridized carbons (Fsp3) is 0.700. The van der Waals surface area contributed by atoms with Gasteiger partial charge in [0.25, 0.3) is 0 Å². The van der Waals surface area contributed by atoms with E-state index in [-0.39, 0.29) is 12.2 Å². The maximum Gasteiger partial charge on any atom is 0.243 e. The van der Waals surface area contributed by atoms with Crippen molar-refractivity contribution in [3.8, 4) is 0 Å². The summed E-state index contributed by atoms with van der Waals surface area (Å²) in [6.07, 6.45) is 7.45. The molecule has 148 valence electrons. The van der Waals surface area contributed by atoms with Crippen LogP contribution in [0.15, 0.2) is 29.2 Å². The van der Waals surface area contributed by atoms with Gasteiger partial charge in [-0.2, -0.15) is 4.31 Å². The van der Waals surface area contributed by atoms with Gasteiger partial charge in [0.05, 0.1) is 17.1 Å². The molecule has 0 bridgehead atoms. The maximum absolute atomic E-state index is 12.8. The van der Waals surface area contributed by atoms with Crippen molar-refractivity contribution in [3.05, 3.63) is 24.3 Å². The van der Waals surface area contributed by atoms with Crippen LogP contribution in [0.1, 0.15) is 59.3 Å². The minimum Gasteiger partial charge on any atom is -0.385 e. The van der Waals surface area contributed by atoms with Crippen molar-refractivity contribution in [2.45, 2.75) is 76.4 Å². The van der Waals surface area contributed by atoms with Gasteiger partial charge in [0, 0.05) is 25.3 Å². The summed E-state index contributed by atoms with van der Waals surface area (Å²) in [5.41, 5.74) is 0.973. The fourth-order valence-electron chi connectivity index (χ4n) is 3.36. The van der Waals surface area contributed by atoms with Crippen LogP contribution >= 0.6 is 0 Å². The normalized spacial score (nSPS) is 21.7. The first-order valence-corrected chi connectivity index (χ1v) is 11.4. The molecule has 1 heterocycles. The largest absolute Gasteiger partial charge is 0.385 e. The first kappa shape index (κ1) is 21.2. The molecule has 2 atom stereocenters. The van der Waals surface area contributed by atoms with Gasteiger partial charge in [0.1, 0.15) is 0 Å². The molecule has 0 radical (unpaired) electrons. The van der Waals surface area contributed by atoms with Crippen LogP contribution in [0.2, 0.25) is 0 Å². The van der Waals surface area contributed by atoms with Gasteiger partial charge in [0.15, 0.2) is 0 Å². The zero-order valence-corrected chi connectivity index (χ0v) is 17.2. The standard InChI is InChI=1S/C20H34N2O3S/c1-4-5-6-7-8-9-14-21-19-10-12-20(13-11-19)26(23,24)22-15-17(2)25-18(3)16-22/h10-13,17-18,21H,4-9,14-16H2,1-3H3. The summed E-state index contributed by atoms with van der Waals surface area (Å²) in [5, 5.41) is 3.38. The first-order valence-electron chi connectivity index (χ1n) is 9.93. The Morgan fingerprint density at radius 1 is 1.00 bits per heavy atom. The second kappa shape index (κ2) is 10.3. The third kappa shape index (κ3) is 6.25. The van der Waals surface area contributed by atoms with Crippen LogP contribution in [-0.2, 0) is 14.8 Å².